The van der Waals surface area contributed by atoms with Gasteiger partial charge in [0.15, 0.2) is 0 Å². The lowest BCUT2D eigenvalue weighted by molar-refractivity contribution is -0.137. The molecule has 0 radical (unpaired) electrons. The molecule has 0 spiro atoms. The number of carbonyl (C=O) groups is 3. The second-order valence-electron chi connectivity index (χ2n) is 6.15. The second-order valence-corrected chi connectivity index (χ2v) is 6.15. The van der Waals surface area contributed by atoms with E-state index in [2.05, 4.69) is 20.5 Å². The summed E-state index contributed by atoms with van der Waals surface area (Å²) in [5, 5.41) is 18.0. The first-order valence-electron chi connectivity index (χ1n) is 8.58. The van der Waals surface area contributed by atoms with E-state index in [0.717, 1.165) is 5.56 Å². The molecule has 2 heterocycles. The molecule has 9 heteroatoms. The smallest absolute Gasteiger partial charge is 0.287 e. The van der Waals surface area contributed by atoms with Crippen LogP contribution in [0, 0.1) is 11.3 Å². The lowest BCUT2D eigenvalue weighted by atomic mass is 10.0. The Kier molecular flexibility index (Phi) is 5.75. The van der Waals surface area contributed by atoms with Crippen molar-refractivity contribution in [3.05, 3.63) is 71.7 Å². The topological polar surface area (TPSA) is 155 Å². The van der Waals surface area contributed by atoms with Crippen LogP contribution >= 0.6 is 0 Å². The third-order valence-corrected chi connectivity index (χ3v) is 4.20. The van der Waals surface area contributed by atoms with Gasteiger partial charge in [-0.1, -0.05) is 30.3 Å². The van der Waals surface area contributed by atoms with Gasteiger partial charge in [0.25, 0.3) is 11.8 Å². The fourth-order valence-corrected chi connectivity index (χ4v) is 2.75. The highest BCUT2D eigenvalue weighted by molar-refractivity contribution is 6.38. The van der Waals surface area contributed by atoms with E-state index in [1.165, 1.54) is 18.5 Å². The Morgan fingerprint density at radius 1 is 1.14 bits per heavy atom. The first-order valence-corrected chi connectivity index (χ1v) is 8.58. The number of hydrogen-bond acceptors (Lipinski definition) is 6. The number of rotatable bonds is 7. The summed E-state index contributed by atoms with van der Waals surface area (Å²) >= 11 is 0. The Morgan fingerprint density at radius 2 is 1.90 bits per heavy atom. The molecule has 1 atom stereocenters. The van der Waals surface area contributed by atoms with Crippen LogP contribution in [0.5, 0.6) is 0 Å². The molecule has 0 bridgehead atoms. The molecule has 4 N–H and O–H groups in total. The minimum absolute atomic E-state index is 0.111. The summed E-state index contributed by atoms with van der Waals surface area (Å²) in [6.07, 6.45) is 2.84. The maximum absolute atomic E-state index is 12.8. The molecule has 3 rings (SSSR count). The number of nitrogens with one attached hydrogen (secondary N) is 2. The van der Waals surface area contributed by atoms with Crippen molar-refractivity contribution in [2.45, 2.75) is 12.5 Å². The second kappa shape index (κ2) is 8.58. The molecule has 29 heavy (non-hydrogen) atoms. The summed E-state index contributed by atoms with van der Waals surface area (Å²) in [7, 11) is 0. The summed E-state index contributed by atoms with van der Waals surface area (Å²) in [4.78, 5) is 40.4. The average Bonchev–Trinajstić information content (AvgIpc) is 3.23. The van der Waals surface area contributed by atoms with Gasteiger partial charge in [-0.2, -0.15) is 10.4 Å². The molecular formula is C20H16N6O3. The monoisotopic (exact) mass is 388 g/mol. The van der Waals surface area contributed by atoms with Gasteiger partial charge in [-0.25, -0.2) is 4.98 Å². The van der Waals surface area contributed by atoms with Crippen molar-refractivity contribution < 1.29 is 14.4 Å². The number of amides is 2. The van der Waals surface area contributed by atoms with Gasteiger partial charge in [0, 0.05) is 18.2 Å². The van der Waals surface area contributed by atoms with Gasteiger partial charge >= 0.3 is 0 Å². The molecular weight excluding hydrogens is 372 g/mol. The van der Waals surface area contributed by atoms with E-state index in [-0.39, 0.29) is 17.7 Å². The van der Waals surface area contributed by atoms with E-state index in [0.29, 0.717) is 11.3 Å². The van der Waals surface area contributed by atoms with Crippen LogP contribution in [0.25, 0.3) is 11.3 Å². The molecule has 2 amide bonds. The van der Waals surface area contributed by atoms with Crippen LogP contribution in [0.15, 0.2) is 54.9 Å². The van der Waals surface area contributed by atoms with Crippen molar-refractivity contribution in [1.82, 2.24) is 20.5 Å². The molecule has 3 aromatic rings. The van der Waals surface area contributed by atoms with Crippen molar-refractivity contribution in [1.29, 1.82) is 5.26 Å². The van der Waals surface area contributed by atoms with Crippen LogP contribution in [0.4, 0.5) is 0 Å². The normalized spacial score (nSPS) is 11.3. The van der Waals surface area contributed by atoms with Gasteiger partial charge in [0.05, 0.1) is 17.5 Å². The maximum atomic E-state index is 12.8. The summed E-state index contributed by atoms with van der Waals surface area (Å²) in [5.41, 5.74) is 7.19. The number of pyridine rings is 1. The molecule has 1 unspecified atom stereocenters. The van der Waals surface area contributed by atoms with Crippen LogP contribution < -0.4 is 11.1 Å². The SMILES string of the molecule is N#Cc1ccc(-c2[nH]ncc2C(=O)NC(Cc2ccccc2)C(=O)C(N)=O)cn1. The van der Waals surface area contributed by atoms with E-state index in [1.807, 2.05) is 12.1 Å². The third-order valence-electron chi connectivity index (χ3n) is 4.20. The van der Waals surface area contributed by atoms with Gasteiger partial charge in [-0.05, 0) is 17.7 Å². The number of ketones is 1. The molecule has 1 aromatic carbocycles. The third kappa shape index (κ3) is 4.51. The Balaban J connectivity index is 1.85. The van der Waals surface area contributed by atoms with Crippen LogP contribution in [-0.2, 0) is 16.0 Å². The maximum Gasteiger partial charge on any atom is 0.287 e. The predicted octanol–water partition coefficient (Wildman–Crippen LogP) is 0.739. The Hall–Kier alpha value is -4.32. The fourth-order valence-electron chi connectivity index (χ4n) is 2.75. The molecule has 0 aliphatic rings. The number of nitriles is 1. The van der Waals surface area contributed by atoms with Crippen molar-refractivity contribution in [3.8, 4) is 17.3 Å². The Labute approximate surface area is 165 Å². The Morgan fingerprint density at radius 3 is 2.52 bits per heavy atom. The van der Waals surface area contributed by atoms with Gasteiger partial charge < -0.3 is 11.1 Å². The zero-order chi connectivity index (χ0) is 20.8. The fraction of sp³-hybridized carbons (Fsp3) is 0.100. The van der Waals surface area contributed by atoms with E-state index in [9.17, 15) is 14.4 Å². The highest BCUT2D eigenvalue weighted by Crippen LogP contribution is 2.20. The first-order chi connectivity index (χ1) is 14.0. The number of nitrogens with zero attached hydrogens (tertiary/aromatic N) is 3. The largest absolute Gasteiger partial charge is 0.363 e. The summed E-state index contributed by atoms with van der Waals surface area (Å²) in [5.74, 6) is -2.63. The first kappa shape index (κ1) is 19.4. The molecule has 0 aliphatic heterocycles. The number of carbonyl (C=O) groups excluding carboxylic acids is 3. The van der Waals surface area contributed by atoms with Crippen LogP contribution in [0.2, 0.25) is 0 Å². The summed E-state index contributed by atoms with van der Waals surface area (Å²) < 4.78 is 0. The highest BCUT2D eigenvalue weighted by atomic mass is 16.2. The zero-order valence-corrected chi connectivity index (χ0v) is 15.1. The molecule has 144 valence electrons. The van der Waals surface area contributed by atoms with E-state index < -0.39 is 23.6 Å². The van der Waals surface area contributed by atoms with Crippen molar-refractivity contribution in [3.63, 3.8) is 0 Å². The molecule has 0 saturated carbocycles. The lowest BCUT2D eigenvalue weighted by Crippen LogP contribution is -2.47. The van der Waals surface area contributed by atoms with E-state index >= 15 is 0 Å². The minimum atomic E-state index is -1.13. The number of H-pyrrole nitrogens is 1. The van der Waals surface area contributed by atoms with Gasteiger partial charge in [-0.15, -0.1) is 0 Å². The van der Waals surface area contributed by atoms with Crippen LogP contribution in [0.1, 0.15) is 21.6 Å². The molecule has 2 aromatic heterocycles. The molecule has 0 saturated heterocycles. The lowest BCUT2D eigenvalue weighted by Gasteiger charge is -2.16. The zero-order valence-electron chi connectivity index (χ0n) is 15.1. The number of primary amides is 1. The van der Waals surface area contributed by atoms with Crippen molar-refractivity contribution in [2.24, 2.45) is 5.73 Å². The molecule has 9 nitrogen and oxygen atoms in total. The highest BCUT2D eigenvalue weighted by Gasteiger charge is 2.27. The van der Waals surface area contributed by atoms with Crippen molar-refractivity contribution in [2.75, 3.05) is 0 Å². The van der Waals surface area contributed by atoms with Crippen LogP contribution in [-0.4, -0.2) is 38.8 Å². The number of aromatic amines is 1. The minimum Gasteiger partial charge on any atom is -0.363 e. The van der Waals surface area contributed by atoms with Gasteiger partial charge in [0.2, 0.25) is 5.78 Å². The standard InChI is InChI=1S/C20H16N6O3/c21-9-14-7-6-13(10-23-14)17-15(11-24-26-17)20(29)25-16(18(27)19(22)28)8-12-4-2-1-3-5-12/h1-7,10-11,16H,8H2,(H2,22,28)(H,24,26)(H,25,29). The predicted molar refractivity (Wildman–Crippen MR) is 102 cm³/mol. The average molecular weight is 388 g/mol. The number of hydrogen-bond donors (Lipinski definition) is 3. The quantitative estimate of drug-likeness (QED) is 0.507. The van der Waals surface area contributed by atoms with Gasteiger partial charge in [0.1, 0.15) is 17.8 Å². The van der Waals surface area contributed by atoms with Crippen molar-refractivity contribution >= 4 is 17.6 Å². The number of nitrogens with two attached hydrogens (primary N) is 1. The molecule has 0 aliphatic carbocycles. The number of benzene rings is 1. The summed E-state index contributed by atoms with van der Waals surface area (Å²) in [6.45, 7) is 0. The van der Waals surface area contributed by atoms with E-state index in [1.54, 1.807) is 30.3 Å². The van der Waals surface area contributed by atoms with Crippen LogP contribution in [0.3, 0.4) is 0 Å². The van der Waals surface area contributed by atoms with E-state index in [4.69, 9.17) is 11.0 Å². The molecule has 0 fully saturated rings. The number of Topliss-reactive ketones (excluding diaryl/α,β-unsaturated/α-hetero) is 1. The van der Waals surface area contributed by atoms with Gasteiger partial charge in [-0.3, -0.25) is 19.5 Å². The Bertz CT molecular complexity index is 1080. The summed E-state index contributed by atoms with van der Waals surface area (Å²) in [6, 6.07) is 12.9. The number of aromatic nitrogens is 3.